The summed E-state index contributed by atoms with van der Waals surface area (Å²) in [5, 5.41) is 7.96. The minimum atomic E-state index is -3.67. The number of aromatic nitrogens is 3. The highest BCUT2D eigenvalue weighted by Gasteiger charge is 2.22. The van der Waals surface area contributed by atoms with Gasteiger partial charge in [-0.15, -0.1) is 10.2 Å². The second-order valence-corrected chi connectivity index (χ2v) is 8.78. The summed E-state index contributed by atoms with van der Waals surface area (Å²) in [5.74, 6) is 0.528. The molecule has 3 rings (SSSR count). The highest BCUT2D eigenvalue weighted by Crippen LogP contribution is 2.21. The van der Waals surface area contributed by atoms with E-state index in [-0.39, 0.29) is 22.9 Å². The predicted molar refractivity (Wildman–Crippen MR) is 107 cm³/mol. The van der Waals surface area contributed by atoms with E-state index < -0.39 is 10.0 Å². The number of halogens is 1. The number of sulfonamides is 1. The van der Waals surface area contributed by atoms with Gasteiger partial charge in [-0.1, -0.05) is 29.8 Å². The zero-order valence-corrected chi connectivity index (χ0v) is 17.8. The van der Waals surface area contributed by atoms with Gasteiger partial charge >= 0.3 is 0 Å². The predicted octanol–water partition coefficient (Wildman–Crippen LogP) is 2.74. The van der Waals surface area contributed by atoms with Crippen molar-refractivity contribution in [1.82, 2.24) is 19.1 Å². The van der Waals surface area contributed by atoms with E-state index in [2.05, 4.69) is 26.1 Å². The normalized spacial score (nSPS) is 11.9. The molecule has 0 amide bonds. The van der Waals surface area contributed by atoms with Crippen LogP contribution in [0.15, 0.2) is 61.2 Å². The largest absolute Gasteiger partial charge is 0.419 e. The first-order valence-corrected chi connectivity index (χ1v) is 10.9. The summed E-state index contributed by atoms with van der Waals surface area (Å²) in [6.07, 6.45) is 1.31. The number of rotatable bonds is 7. The van der Waals surface area contributed by atoms with E-state index >= 15 is 0 Å². The molecule has 148 valence electrons. The zero-order chi connectivity index (χ0) is 20.3. The van der Waals surface area contributed by atoms with Gasteiger partial charge in [0.05, 0.1) is 4.90 Å². The number of pyridine rings is 1. The van der Waals surface area contributed by atoms with E-state index in [1.165, 1.54) is 27.2 Å². The van der Waals surface area contributed by atoms with E-state index in [0.29, 0.717) is 19.0 Å². The molecule has 1 aromatic carbocycles. The van der Waals surface area contributed by atoms with Gasteiger partial charge in [-0.25, -0.2) is 8.42 Å². The molecule has 0 spiro atoms. The van der Waals surface area contributed by atoms with Crippen LogP contribution in [0, 0.1) is 0 Å². The molecule has 0 saturated heterocycles. The molecule has 0 aliphatic heterocycles. The molecular formula is C18H19BrN4O4S. The van der Waals surface area contributed by atoms with Crippen molar-refractivity contribution in [3.05, 3.63) is 63.3 Å². The van der Waals surface area contributed by atoms with Gasteiger partial charge in [0.2, 0.25) is 21.8 Å². The van der Waals surface area contributed by atoms with Crippen LogP contribution in [0.3, 0.4) is 0 Å². The van der Waals surface area contributed by atoms with Crippen molar-refractivity contribution in [3.63, 3.8) is 0 Å². The second-order valence-electron chi connectivity index (χ2n) is 5.93. The molecule has 0 atom stereocenters. The number of hydrogen-bond acceptors (Lipinski definition) is 6. The number of nitrogens with zero attached hydrogens (tertiary/aromatic N) is 4. The molecule has 2 aromatic heterocycles. The molecule has 0 aliphatic carbocycles. The van der Waals surface area contributed by atoms with Crippen LogP contribution in [0.5, 0.6) is 0 Å². The molecule has 0 saturated carbocycles. The minimum Gasteiger partial charge on any atom is -0.419 e. The average molecular weight is 467 g/mol. The summed E-state index contributed by atoms with van der Waals surface area (Å²) in [6, 6.07) is 9.89. The third kappa shape index (κ3) is 4.23. The second kappa shape index (κ2) is 8.38. The Balaban J connectivity index is 1.89. The lowest BCUT2D eigenvalue weighted by molar-refractivity contribution is 0.443. The van der Waals surface area contributed by atoms with Gasteiger partial charge in [0.1, 0.15) is 6.54 Å². The summed E-state index contributed by atoms with van der Waals surface area (Å²) in [7, 11) is -3.67. The maximum Gasteiger partial charge on any atom is 0.251 e. The summed E-state index contributed by atoms with van der Waals surface area (Å²) in [4.78, 5) is 12.2. The monoisotopic (exact) mass is 466 g/mol. The van der Waals surface area contributed by atoms with Crippen molar-refractivity contribution in [2.75, 3.05) is 13.1 Å². The van der Waals surface area contributed by atoms with E-state index in [4.69, 9.17) is 4.42 Å². The molecule has 0 fully saturated rings. The Bertz CT molecular complexity index is 1120. The third-order valence-corrected chi connectivity index (χ3v) is 6.73. The van der Waals surface area contributed by atoms with Crippen LogP contribution in [-0.4, -0.2) is 40.6 Å². The maximum atomic E-state index is 12.7. The number of benzene rings is 1. The van der Waals surface area contributed by atoms with Crippen molar-refractivity contribution < 1.29 is 12.8 Å². The lowest BCUT2D eigenvalue weighted by Crippen LogP contribution is -2.32. The Hall–Kier alpha value is -2.30. The minimum absolute atomic E-state index is 0.0238. The van der Waals surface area contributed by atoms with E-state index in [9.17, 15) is 13.2 Å². The van der Waals surface area contributed by atoms with Gasteiger partial charge in [0.15, 0.2) is 0 Å². The molecule has 0 radical (unpaired) electrons. The van der Waals surface area contributed by atoms with Crippen molar-refractivity contribution in [2.45, 2.75) is 25.3 Å². The fourth-order valence-corrected chi connectivity index (χ4v) is 4.41. The summed E-state index contributed by atoms with van der Waals surface area (Å²) in [6.45, 7) is 4.19. The topological polar surface area (TPSA) is 98.3 Å². The first-order valence-electron chi connectivity index (χ1n) is 8.64. The van der Waals surface area contributed by atoms with Crippen LogP contribution in [0.1, 0.15) is 19.7 Å². The first-order chi connectivity index (χ1) is 13.3. The Morgan fingerprint density at radius 2 is 1.75 bits per heavy atom. The first kappa shape index (κ1) is 20.4. The van der Waals surface area contributed by atoms with Crippen LogP contribution in [0.25, 0.3) is 11.5 Å². The quantitative estimate of drug-likeness (QED) is 0.530. The van der Waals surface area contributed by atoms with Crippen molar-refractivity contribution >= 4 is 26.0 Å². The van der Waals surface area contributed by atoms with E-state index in [0.717, 1.165) is 10.0 Å². The van der Waals surface area contributed by atoms with Crippen molar-refractivity contribution in [2.24, 2.45) is 0 Å². The van der Waals surface area contributed by atoms with Crippen LogP contribution in [0.4, 0.5) is 0 Å². The standard InChI is InChI=1S/C18H19BrN4O4S/c1-3-23(4-2)28(25,26)15-9-10-17(24)22(11-15)12-16-20-21-18(27-16)13-5-7-14(19)8-6-13/h5-11H,3-4,12H2,1-2H3. The molecular weight excluding hydrogens is 448 g/mol. The Morgan fingerprint density at radius 1 is 1.07 bits per heavy atom. The van der Waals surface area contributed by atoms with Crippen LogP contribution in [-0.2, 0) is 16.6 Å². The fourth-order valence-electron chi connectivity index (χ4n) is 2.67. The average Bonchev–Trinajstić information content (AvgIpc) is 3.13. The van der Waals surface area contributed by atoms with Gasteiger partial charge < -0.3 is 8.98 Å². The molecule has 0 aliphatic rings. The van der Waals surface area contributed by atoms with Gasteiger partial charge in [0.25, 0.3) is 5.56 Å². The molecule has 10 heteroatoms. The van der Waals surface area contributed by atoms with Crippen LogP contribution < -0.4 is 5.56 Å². The molecule has 0 bridgehead atoms. The molecule has 0 N–H and O–H groups in total. The SMILES string of the molecule is CCN(CC)S(=O)(=O)c1ccc(=O)n(Cc2nnc(-c3ccc(Br)cc3)o2)c1. The van der Waals surface area contributed by atoms with Crippen molar-refractivity contribution in [3.8, 4) is 11.5 Å². The highest BCUT2D eigenvalue weighted by atomic mass is 79.9. The summed E-state index contributed by atoms with van der Waals surface area (Å²) in [5.41, 5.74) is 0.383. The molecule has 8 nitrogen and oxygen atoms in total. The van der Waals surface area contributed by atoms with Gasteiger partial charge in [-0.05, 0) is 30.3 Å². The molecule has 0 unspecified atom stereocenters. The Kier molecular flexibility index (Phi) is 6.11. The molecule has 28 heavy (non-hydrogen) atoms. The third-order valence-electron chi connectivity index (χ3n) is 4.16. The van der Waals surface area contributed by atoms with E-state index in [1.54, 1.807) is 13.8 Å². The summed E-state index contributed by atoms with van der Waals surface area (Å²) < 4.78 is 34.5. The summed E-state index contributed by atoms with van der Waals surface area (Å²) >= 11 is 3.36. The Labute approximate surface area is 171 Å². The lowest BCUT2D eigenvalue weighted by Gasteiger charge is -2.18. The smallest absolute Gasteiger partial charge is 0.251 e. The maximum absolute atomic E-state index is 12.7. The molecule has 2 heterocycles. The van der Waals surface area contributed by atoms with Gasteiger partial charge in [-0.3, -0.25) is 4.79 Å². The number of hydrogen-bond donors (Lipinski definition) is 0. The van der Waals surface area contributed by atoms with Crippen LogP contribution >= 0.6 is 15.9 Å². The zero-order valence-electron chi connectivity index (χ0n) is 15.4. The van der Waals surface area contributed by atoms with E-state index in [1.807, 2.05) is 24.3 Å². The fraction of sp³-hybridized carbons (Fsp3) is 0.278. The van der Waals surface area contributed by atoms with Crippen molar-refractivity contribution in [1.29, 1.82) is 0 Å². The molecule has 3 aromatic rings. The van der Waals surface area contributed by atoms with Crippen LogP contribution in [0.2, 0.25) is 0 Å². The highest BCUT2D eigenvalue weighted by molar-refractivity contribution is 9.10. The lowest BCUT2D eigenvalue weighted by atomic mass is 10.2. The van der Waals surface area contributed by atoms with Gasteiger partial charge in [0, 0.05) is 35.4 Å². The van der Waals surface area contributed by atoms with Gasteiger partial charge in [-0.2, -0.15) is 4.31 Å². The Morgan fingerprint density at radius 3 is 2.39 bits per heavy atom.